The van der Waals surface area contributed by atoms with Crippen LogP contribution in [0.5, 0.6) is 0 Å². The SMILES string of the molecule is CC1CC[C](OOC(=O)c2ccc(C(C)(C)C)cc2)CC1C. The summed E-state index contributed by atoms with van der Waals surface area (Å²) in [5.74, 6) is 0.848. The topological polar surface area (TPSA) is 35.5 Å². The molecular weight excluding hydrogens is 276 g/mol. The van der Waals surface area contributed by atoms with Gasteiger partial charge in [-0.2, -0.15) is 4.89 Å². The van der Waals surface area contributed by atoms with Gasteiger partial charge in [0.1, 0.15) is 6.10 Å². The van der Waals surface area contributed by atoms with E-state index in [2.05, 4.69) is 34.6 Å². The Kier molecular flexibility index (Phi) is 5.28. The Labute approximate surface area is 133 Å². The number of hydrogen-bond donors (Lipinski definition) is 0. The predicted molar refractivity (Wildman–Crippen MR) is 87.1 cm³/mol. The molecule has 0 saturated heterocycles. The third-order valence-electron chi connectivity index (χ3n) is 4.62. The number of hydrogen-bond acceptors (Lipinski definition) is 3. The Morgan fingerprint density at radius 2 is 1.73 bits per heavy atom. The zero-order chi connectivity index (χ0) is 16.3. The van der Waals surface area contributed by atoms with Crippen molar-refractivity contribution < 1.29 is 14.6 Å². The van der Waals surface area contributed by atoms with E-state index in [0.717, 1.165) is 25.4 Å². The smallest absolute Gasteiger partial charge is 0.292 e. The zero-order valence-corrected chi connectivity index (χ0v) is 14.3. The fraction of sp³-hybridized carbons (Fsp3) is 0.579. The number of carbonyl (C=O) groups excluding carboxylic acids is 1. The quantitative estimate of drug-likeness (QED) is 0.578. The van der Waals surface area contributed by atoms with Crippen LogP contribution in [0.2, 0.25) is 0 Å². The Morgan fingerprint density at radius 3 is 2.27 bits per heavy atom. The Bertz CT molecular complexity index is 498. The molecule has 0 N–H and O–H groups in total. The van der Waals surface area contributed by atoms with Crippen LogP contribution in [0.4, 0.5) is 0 Å². The second kappa shape index (κ2) is 6.82. The molecule has 2 rings (SSSR count). The molecule has 1 aromatic rings. The molecule has 1 aliphatic carbocycles. The van der Waals surface area contributed by atoms with Crippen molar-refractivity contribution in [1.29, 1.82) is 0 Å². The van der Waals surface area contributed by atoms with Crippen molar-refractivity contribution in [3.8, 4) is 0 Å². The lowest BCUT2D eigenvalue weighted by Gasteiger charge is -2.29. The lowest BCUT2D eigenvalue weighted by molar-refractivity contribution is -0.242. The van der Waals surface area contributed by atoms with E-state index in [0.29, 0.717) is 17.4 Å². The second-order valence-electron chi connectivity index (χ2n) is 7.52. The highest BCUT2D eigenvalue weighted by Crippen LogP contribution is 2.35. The van der Waals surface area contributed by atoms with Crippen LogP contribution in [0.3, 0.4) is 0 Å². The van der Waals surface area contributed by atoms with Gasteiger partial charge < -0.3 is 0 Å². The summed E-state index contributed by atoms with van der Waals surface area (Å²) in [5.41, 5.74) is 1.78. The summed E-state index contributed by atoms with van der Waals surface area (Å²) in [7, 11) is 0. The molecule has 1 aliphatic rings. The molecule has 1 aromatic carbocycles. The molecule has 2 unspecified atom stereocenters. The normalized spacial score (nSPS) is 23.3. The Balaban J connectivity index is 1.87. The average molecular weight is 303 g/mol. The molecule has 0 spiro atoms. The summed E-state index contributed by atoms with van der Waals surface area (Å²) < 4.78 is 0. The van der Waals surface area contributed by atoms with Gasteiger partial charge in [0, 0.05) is 0 Å². The highest BCUT2D eigenvalue weighted by Gasteiger charge is 2.28. The van der Waals surface area contributed by atoms with Crippen molar-refractivity contribution >= 4 is 5.97 Å². The van der Waals surface area contributed by atoms with Crippen molar-refractivity contribution in [3.05, 3.63) is 41.5 Å². The number of benzene rings is 1. The van der Waals surface area contributed by atoms with Crippen molar-refractivity contribution in [2.45, 2.75) is 59.3 Å². The minimum Gasteiger partial charge on any atom is -0.292 e. The van der Waals surface area contributed by atoms with Gasteiger partial charge in [0.15, 0.2) is 0 Å². The van der Waals surface area contributed by atoms with Crippen molar-refractivity contribution in [2.75, 3.05) is 0 Å². The van der Waals surface area contributed by atoms with E-state index < -0.39 is 5.97 Å². The Hall–Kier alpha value is -1.35. The van der Waals surface area contributed by atoms with Crippen LogP contribution < -0.4 is 0 Å². The maximum absolute atomic E-state index is 12.0. The first kappa shape index (κ1) is 17.0. The predicted octanol–water partition coefficient (Wildman–Crippen LogP) is 5.06. The molecule has 3 nitrogen and oxygen atoms in total. The maximum Gasteiger partial charge on any atom is 0.373 e. The van der Waals surface area contributed by atoms with Crippen molar-refractivity contribution in [2.24, 2.45) is 11.8 Å². The third-order valence-corrected chi connectivity index (χ3v) is 4.62. The van der Waals surface area contributed by atoms with Crippen molar-refractivity contribution in [3.63, 3.8) is 0 Å². The molecule has 0 aromatic heterocycles. The first-order chi connectivity index (χ1) is 10.3. The highest BCUT2D eigenvalue weighted by molar-refractivity contribution is 5.89. The van der Waals surface area contributed by atoms with Gasteiger partial charge in [-0.15, -0.1) is 0 Å². The first-order valence-corrected chi connectivity index (χ1v) is 8.11. The molecule has 0 amide bonds. The van der Waals surface area contributed by atoms with E-state index in [4.69, 9.17) is 9.78 Å². The zero-order valence-electron chi connectivity index (χ0n) is 14.3. The van der Waals surface area contributed by atoms with E-state index in [-0.39, 0.29) is 5.41 Å². The molecule has 1 fully saturated rings. The van der Waals surface area contributed by atoms with E-state index in [1.54, 1.807) is 12.1 Å². The van der Waals surface area contributed by atoms with Gasteiger partial charge in [-0.25, -0.2) is 4.79 Å². The molecule has 121 valence electrons. The van der Waals surface area contributed by atoms with Gasteiger partial charge in [0.05, 0.1) is 5.56 Å². The van der Waals surface area contributed by atoms with Crippen molar-refractivity contribution in [1.82, 2.24) is 0 Å². The van der Waals surface area contributed by atoms with Crippen LogP contribution in [-0.2, 0) is 15.2 Å². The molecule has 2 atom stereocenters. The number of rotatable bonds is 3. The van der Waals surface area contributed by atoms with Gasteiger partial charge in [0.2, 0.25) is 0 Å². The molecule has 1 saturated carbocycles. The molecule has 22 heavy (non-hydrogen) atoms. The summed E-state index contributed by atoms with van der Waals surface area (Å²) in [6.07, 6.45) is 3.72. The molecular formula is C19H27O3. The molecule has 3 heteroatoms. The fourth-order valence-electron chi connectivity index (χ4n) is 2.66. The van der Waals surface area contributed by atoms with Crippen LogP contribution in [0, 0.1) is 17.9 Å². The van der Waals surface area contributed by atoms with Gasteiger partial charge in [-0.1, -0.05) is 46.8 Å². The lowest BCUT2D eigenvalue weighted by Crippen LogP contribution is -2.22. The largest absolute Gasteiger partial charge is 0.373 e. The van der Waals surface area contributed by atoms with Gasteiger partial charge in [0.25, 0.3) is 0 Å². The van der Waals surface area contributed by atoms with E-state index in [1.165, 1.54) is 5.56 Å². The average Bonchev–Trinajstić information content (AvgIpc) is 2.47. The van der Waals surface area contributed by atoms with E-state index >= 15 is 0 Å². The van der Waals surface area contributed by atoms with Gasteiger partial charge in [-0.3, -0.25) is 4.89 Å². The standard InChI is InChI=1S/C19H27O3/c1-13-6-11-17(12-14(13)2)21-22-18(20)15-7-9-16(10-8-15)19(3,4)5/h7-10,13-14H,6,11-12H2,1-5H3. The minimum atomic E-state index is -0.431. The van der Waals surface area contributed by atoms with Crippen LogP contribution in [0.1, 0.15) is 69.8 Å². The Morgan fingerprint density at radius 1 is 1.09 bits per heavy atom. The van der Waals surface area contributed by atoms with Gasteiger partial charge in [-0.05, 0) is 54.2 Å². The summed E-state index contributed by atoms with van der Waals surface area (Å²) in [6, 6.07) is 7.52. The molecule has 0 heterocycles. The van der Waals surface area contributed by atoms with Crippen LogP contribution in [0.25, 0.3) is 0 Å². The lowest BCUT2D eigenvalue weighted by atomic mass is 9.80. The molecule has 0 bridgehead atoms. The van der Waals surface area contributed by atoms with Crippen LogP contribution in [-0.4, -0.2) is 5.97 Å². The maximum atomic E-state index is 12.0. The monoisotopic (exact) mass is 303 g/mol. The third kappa shape index (κ3) is 4.33. The van der Waals surface area contributed by atoms with E-state index in [1.807, 2.05) is 12.1 Å². The van der Waals surface area contributed by atoms with Gasteiger partial charge >= 0.3 is 5.97 Å². The number of carbonyl (C=O) groups is 1. The second-order valence-corrected chi connectivity index (χ2v) is 7.52. The van der Waals surface area contributed by atoms with Crippen LogP contribution in [0.15, 0.2) is 24.3 Å². The molecule has 0 aliphatic heterocycles. The summed E-state index contributed by atoms with van der Waals surface area (Å²) in [5, 5.41) is 0. The fourth-order valence-corrected chi connectivity index (χ4v) is 2.66. The highest BCUT2D eigenvalue weighted by atomic mass is 17.2. The first-order valence-electron chi connectivity index (χ1n) is 8.11. The summed E-state index contributed by atoms with van der Waals surface area (Å²) >= 11 is 0. The van der Waals surface area contributed by atoms with E-state index in [9.17, 15) is 4.79 Å². The minimum absolute atomic E-state index is 0.0731. The summed E-state index contributed by atoms with van der Waals surface area (Å²) in [4.78, 5) is 22.3. The summed E-state index contributed by atoms with van der Waals surface area (Å²) in [6.45, 7) is 10.9. The van der Waals surface area contributed by atoms with Crippen LogP contribution >= 0.6 is 0 Å². The molecule has 1 radical (unpaired) electrons.